The second-order valence-corrected chi connectivity index (χ2v) is 4.88. The molecule has 0 bridgehead atoms. The number of halogens is 2. The fourth-order valence-electron chi connectivity index (χ4n) is 1.95. The van der Waals surface area contributed by atoms with Crippen LogP contribution >= 0.6 is 23.2 Å². The molecular weight excluding hydrogens is 299 g/mol. The Bertz CT molecular complexity index is 920. The highest BCUT2D eigenvalue weighted by Crippen LogP contribution is 2.32. The zero-order chi connectivity index (χ0) is 14.3. The van der Waals surface area contributed by atoms with Gasteiger partial charge in [0.1, 0.15) is 17.3 Å². The van der Waals surface area contributed by atoms with E-state index in [9.17, 15) is 10.1 Å². The number of H-pyrrole nitrogens is 1. The summed E-state index contributed by atoms with van der Waals surface area (Å²) in [5.41, 5.74) is 1.15. The summed E-state index contributed by atoms with van der Waals surface area (Å²) in [6, 6.07) is 8.24. The first-order valence-electron chi connectivity index (χ1n) is 5.58. The smallest absolute Gasteiger partial charge is 0.274 e. The van der Waals surface area contributed by atoms with Crippen molar-refractivity contribution in [1.82, 2.24) is 14.6 Å². The highest BCUT2D eigenvalue weighted by Gasteiger charge is 2.18. The Balaban J connectivity index is 2.40. The standard InChI is InChI=1S/C13H6Cl2N4O/c14-7-1-2-8(10(15)5-7)12-9(6-16)13-17-4-3-11(20)19(13)18-12/h1-5,17H. The number of nitrogens with zero attached hydrogens (tertiary/aromatic N) is 3. The highest BCUT2D eigenvalue weighted by atomic mass is 35.5. The second-order valence-electron chi connectivity index (χ2n) is 4.04. The van der Waals surface area contributed by atoms with Gasteiger partial charge in [0.25, 0.3) is 5.56 Å². The van der Waals surface area contributed by atoms with Crippen LogP contribution in [0.15, 0.2) is 35.3 Å². The lowest BCUT2D eigenvalue weighted by molar-refractivity contribution is 0.903. The number of rotatable bonds is 1. The number of nitrogens with one attached hydrogen (secondary N) is 1. The lowest BCUT2D eigenvalue weighted by atomic mass is 10.1. The maximum Gasteiger partial charge on any atom is 0.274 e. The topological polar surface area (TPSA) is 74.0 Å². The largest absolute Gasteiger partial charge is 0.345 e. The highest BCUT2D eigenvalue weighted by molar-refractivity contribution is 6.36. The van der Waals surface area contributed by atoms with Crippen molar-refractivity contribution in [1.29, 1.82) is 5.26 Å². The molecule has 0 aliphatic heterocycles. The van der Waals surface area contributed by atoms with Crippen molar-refractivity contribution < 1.29 is 0 Å². The van der Waals surface area contributed by atoms with Crippen LogP contribution in [-0.4, -0.2) is 14.6 Å². The average molecular weight is 305 g/mol. The Kier molecular flexibility index (Phi) is 2.97. The third-order valence-electron chi connectivity index (χ3n) is 2.84. The van der Waals surface area contributed by atoms with Crippen molar-refractivity contribution in [3.63, 3.8) is 0 Å². The van der Waals surface area contributed by atoms with E-state index < -0.39 is 0 Å². The molecule has 2 heterocycles. The summed E-state index contributed by atoms with van der Waals surface area (Å²) < 4.78 is 1.14. The summed E-state index contributed by atoms with van der Waals surface area (Å²) >= 11 is 12.0. The first-order chi connectivity index (χ1) is 9.61. The molecule has 0 atom stereocenters. The van der Waals surface area contributed by atoms with E-state index >= 15 is 0 Å². The molecule has 0 saturated carbocycles. The van der Waals surface area contributed by atoms with Gasteiger partial charge < -0.3 is 4.98 Å². The fourth-order valence-corrected chi connectivity index (χ4v) is 2.45. The van der Waals surface area contributed by atoms with Crippen molar-refractivity contribution in [2.45, 2.75) is 0 Å². The lowest BCUT2D eigenvalue weighted by Crippen LogP contribution is -2.12. The van der Waals surface area contributed by atoms with E-state index in [0.717, 1.165) is 4.52 Å². The summed E-state index contributed by atoms with van der Waals surface area (Å²) in [5, 5.41) is 14.3. The first-order valence-corrected chi connectivity index (χ1v) is 6.33. The maximum atomic E-state index is 11.7. The molecule has 0 spiro atoms. The maximum absolute atomic E-state index is 11.7. The van der Waals surface area contributed by atoms with Gasteiger partial charge in [-0.15, -0.1) is 0 Å². The summed E-state index contributed by atoms with van der Waals surface area (Å²) in [6.07, 6.45) is 1.47. The van der Waals surface area contributed by atoms with Crippen LogP contribution in [0.5, 0.6) is 0 Å². The zero-order valence-corrected chi connectivity index (χ0v) is 11.4. The van der Waals surface area contributed by atoms with E-state index in [-0.39, 0.29) is 11.1 Å². The summed E-state index contributed by atoms with van der Waals surface area (Å²) in [7, 11) is 0. The minimum atomic E-state index is -0.327. The minimum absolute atomic E-state index is 0.256. The predicted molar refractivity (Wildman–Crippen MR) is 76.0 cm³/mol. The van der Waals surface area contributed by atoms with Gasteiger partial charge in [0, 0.05) is 22.8 Å². The molecule has 0 unspecified atom stereocenters. The van der Waals surface area contributed by atoms with Gasteiger partial charge in [-0.25, -0.2) is 0 Å². The Labute approximate surface area is 123 Å². The lowest BCUT2D eigenvalue weighted by Gasteiger charge is -2.01. The number of aromatic nitrogens is 3. The van der Waals surface area contributed by atoms with E-state index in [1.165, 1.54) is 12.3 Å². The summed E-state index contributed by atoms with van der Waals surface area (Å²) in [6.45, 7) is 0. The van der Waals surface area contributed by atoms with Crippen molar-refractivity contribution in [3.05, 3.63) is 56.4 Å². The monoisotopic (exact) mass is 304 g/mol. The molecule has 3 aromatic rings. The van der Waals surface area contributed by atoms with Gasteiger partial charge in [-0.1, -0.05) is 23.2 Å². The third kappa shape index (κ3) is 1.86. The molecule has 0 aliphatic carbocycles. The molecule has 0 aliphatic rings. The molecule has 1 aromatic carbocycles. The molecule has 7 heteroatoms. The number of aromatic amines is 1. The number of hydrogen-bond acceptors (Lipinski definition) is 3. The van der Waals surface area contributed by atoms with Crippen LogP contribution in [0.4, 0.5) is 0 Å². The van der Waals surface area contributed by atoms with Crippen LogP contribution < -0.4 is 5.56 Å². The molecule has 0 amide bonds. The molecule has 1 N–H and O–H groups in total. The van der Waals surface area contributed by atoms with Gasteiger partial charge in [-0.05, 0) is 18.2 Å². The Morgan fingerprint density at radius 2 is 2.10 bits per heavy atom. The van der Waals surface area contributed by atoms with E-state index in [2.05, 4.69) is 10.1 Å². The molecule has 0 fully saturated rings. The Morgan fingerprint density at radius 3 is 2.80 bits per heavy atom. The molecule has 0 radical (unpaired) electrons. The fraction of sp³-hybridized carbons (Fsp3) is 0. The van der Waals surface area contributed by atoms with Crippen LogP contribution in [0.3, 0.4) is 0 Å². The van der Waals surface area contributed by atoms with Crippen molar-refractivity contribution in [2.24, 2.45) is 0 Å². The second kappa shape index (κ2) is 4.67. The van der Waals surface area contributed by atoms with Crippen LogP contribution in [0.2, 0.25) is 10.0 Å². The average Bonchev–Trinajstić information content (AvgIpc) is 2.78. The first kappa shape index (κ1) is 12.7. The summed E-state index contributed by atoms with van der Waals surface area (Å²) in [5.74, 6) is 0. The van der Waals surface area contributed by atoms with Gasteiger partial charge in [0.2, 0.25) is 0 Å². The predicted octanol–water partition coefficient (Wildman–Crippen LogP) is 2.87. The van der Waals surface area contributed by atoms with E-state index in [4.69, 9.17) is 23.2 Å². The van der Waals surface area contributed by atoms with Crippen LogP contribution in [-0.2, 0) is 0 Å². The molecule has 0 saturated heterocycles. The van der Waals surface area contributed by atoms with Crippen LogP contribution in [0.25, 0.3) is 16.9 Å². The number of hydrogen-bond donors (Lipinski definition) is 1. The van der Waals surface area contributed by atoms with E-state index in [0.29, 0.717) is 26.9 Å². The zero-order valence-electron chi connectivity index (χ0n) is 9.89. The quantitative estimate of drug-likeness (QED) is 0.751. The number of fused-ring (bicyclic) bond motifs is 1. The van der Waals surface area contributed by atoms with Gasteiger partial charge in [-0.3, -0.25) is 4.79 Å². The van der Waals surface area contributed by atoms with Crippen molar-refractivity contribution >= 4 is 28.8 Å². The molecular formula is C13H6Cl2N4O. The van der Waals surface area contributed by atoms with Gasteiger partial charge >= 0.3 is 0 Å². The molecule has 3 rings (SSSR count). The number of nitriles is 1. The Morgan fingerprint density at radius 1 is 1.30 bits per heavy atom. The van der Waals surface area contributed by atoms with Crippen LogP contribution in [0, 0.1) is 11.3 Å². The molecule has 20 heavy (non-hydrogen) atoms. The summed E-state index contributed by atoms with van der Waals surface area (Å²) in [4.78, 5) is 14.6. The van der Waals surface area contributed by atoms with Crippen LogP contribution in [0.1, 0.15) is 5.56 Å². The third-order valence-corrected chi connectivity index (χ3v) is 3.39. The van der Waals surface area contributed by atoms with Gasteiger partial charge in [-0.2, -0.15) is 14.9 Å². The molecule has 5 nitrogen and oxygen atoms in total. The minimum Gasteiger partial charge on any atom is -0.345 e. The van der Waals surface area contributed by atoms with Gasteiger partial charge in [0.15, 0.2) is 5.65 Å². The number of benzene rings is 1. The van der Waals surface area contributed by atoms with E-state index in [1.807, 2.05) is 6.07 Å². The SMILES string of the molecule is N#Cc1c(-c2ccc(Cl)cc2Cl)nn2c(=O)cc[nH]c12. The van der Waals surface area contributed by atoms with Crippen molar-refractivity contribution in [3.8, 4) is 17.3 Å². The Hall–Kier alpha value is -2.29. The molecule has 2 aromatic heterocycles. The van der Waals surface area contributed by atoms with E-state index in [1.54, 1.807) is 18.2 Å². The molecule has 98 valence electrons. The normalized spacial score (nSPS) is 10.7. The van der Waals surface area contributed by atoms with Crippen molar-refractivity contribution in [2.75, 3.05) is 0 Å². The van der Waals surface area contributed by atoms with Gasteiger partial charge in [0.05, 0.1) is 5.02 Å².